The molecule has 1 saturated heterocycles. The van der Waals surface area contributed by atoms with Gasteiger partial charge in [-0.2, -0.15) is 5.26 Å². The van der Waals surface area contributed by atoms with Crippen LogP contribution in [0.4, 0.5) is 0 Å². The third-order valence-corrected chi connectivity index (χ3v) is 2.40. The Labute approximate surface area is 89.2 Å². The van der Waals surface area contributed by atoms with Crippen molar-refractivity contribution in [2.45, 2.75) is 19.4 Å². The van der Waals surface area contributed by atoms with Crippen LogP contribution in [0.1, 0.15) is 18.1 Å². The minimum absolute atomic E-state index is 0.224. The first-order valence-corrected chi connectivity index (χ1v) is 5.11. The Morgan fingerprint density at radius 3 is 3.00 bits per heavy atom. The Balaban J connectivity index is 2.13. The second kappa shape index (κ2) is 4.33. The molecule has 0 bridgehead atoms. The topological polar surface area (TPSA) is 45.5 Å². The van der Waals surface area contributed by atoms with Gasteiger partial charge in [-0.15, -0.1) is 0 Å². The van der Waals surface area contributed by atoms with Gasteiger partial charge in [-0.25, -0.2) is 0 Å². The van der Waals surface area contributed by atoms with Gasteiger partial charge in [-0.05, 0) is 24.1 Å². The molecule has 1 fully saturated rings. The van der Waals surface area contributed by atoms with Gasteiger partial charge in [-0.3, -0.25) is 0 Å². The van der Waals surface area contributed by atoms with Crippen molar-refractivity contribution in [3.63, 3.8) is 0 Å². The molecule has 78 valence electrons. The summed E-state index contributed by atoms with van der Waals surface area (Å²) >= 11 is 0. The minimum Gasteiger partial charge on any atom is -0.489 e. The first-order chi connectivity index (χ1) is 7.33. The Morgan fingerprint density at radius 1 is 1.60 bits per heavy atom. The number of ether oxygens (including phenoxy) is 2. The molecule has 15 heavy (non-hydrogen) atoms. The summed E-state index contributed by atoms with van der Waals surface area (Å²) in [5, 5.41) is 8.90. The highest BCUT2D eigenvalue weighted by atomic mass is 16.6. The molecule has 3 heteroatoms. The van der Waals surface area contributed by atoms with Crippen molar-refractivity contribution in [3.05, 3.63) is 29.3 Å². The molecule has 3 nitrogen and oxygen atoms in total. The molecule has 0 saturated carbocycles. The summed E-state index contributed by atoms with van der Waals surface area (Å²) in [6.07, 6.45) is 1.17. The fraction of sp³-hybridized carbons (Fsp3) is 0.417. The predicted octanol–water partition coefficient (Wildman–Crippen LogP) is 1.90. The van der Waals surface area contributed by atoms with E-state index < -0.39 is 0 Å². The molecule has 0 radical (unpaired) electrons. The third kappa shape index (κ3) is 2.48. The van der Waals surface area contributed by atoms with Gasteiger partial charge >= 0.3 is 0 Å². The summed E-state index contributed by atoms with van der Waals surface area (Å²) in [6, 6.07) is 7.82. The fourth-order valence-corrected chi connectivity index (χ4v) is 1.35. The normalized spacial score (nSPS) is 18.3. The summed E-state index contributed by atoms with van der Waals surface area (Å²) in [6.45, 7) is 3.40. The zero-order valence-electron chi connectivity index (χ0n) is 8.69. The van der Waals surface area contributed by atoms with Crippen LogP contribution in [0.25, 0.3) is 0 Å². The van der Waals surface area contributed by atoms with Crippen molar-refractivity contribution in [1.82, 2.24) is 0 Å². The Kier molecular flexibility index (Phi) is 2.89. The average Bonchev–Trinajstić information content (AvgIpc) is 3.09. The second-order valence-electron chi connectivity index (χ2n) is 3.56. The molecular formula is C12H13NO2. The molecule has 2 rings (SSSR count). The third-order valence-electron chi connectivity index (χ3n) is 2.40. The minimum atomic E-state index is 0.224. The maximum atomic E-state index is 8.90. The van der Waals surface area contributed by atoms with E-state index >= 15 is 0 Å². The van der Waals surface area contributed by atoms with E-state index in [-0.39, 0.29) is 6.10 Å². The molecule has 1 atom stereocenters. The second-order valence-corrected chi connectivity index (χ2v) is 3.56. The van der Waals surface area contributed by atoms with Crippen LogP contribution in [0.15, 0.2) is 18.2 Å². The highest BCUT2D eigenvalue weighted by Gasteiger charge is 2.23. The zero-order chi connectivity index (χ0) is 10.7. The van der Waals surface area contributed by atoms with Crippen LogP contribution in [-0.4, -0.2) is 19.3 Å². The molecule has 0 unspecified atom stereocenters. The lowest BCUT2D eigenvalue weighted by Gasteiger charge is -2.07. The molecular weight excluding hydrogens is 190 g/mol. The Bertz CT molecular complexity index is 391. The van der Waals surface area contributed by atoms with E-state index in [1.807, 2.05) is 18.2 Å². The molecule has 0 amide bonds. The first kappa shape index (κ1) is 10.0. The Morgan fingerprint density at radius 2 is 2.40 bits per heavy atom. The average molecular weight is 203 g/mol. The van der Waals surface area contributed by atoms with E-state index in [4.69, 9.17) is 14.7 Å². The van der Waals surface area contributed by atoms with Crippen molar-refractivity contribution < 1.29 is 9.47 Å². The maximum absolute atomic E-state index is 8.90. The van der Waals surface area contributed by atoms with Gasteiger partial charge < -0.3 is 9.47 Å². The van der Waals surface area contributed by atoms with Crippen LogP contribution in [0, 0.1) is 11.3 Å². The summed E-state index contributed by atoms with van der Waals surface area (Å²) in [7, 11) is 0. The number of aryl methyl sites for hydroxylation is 1. The molecule has 1 aliphatic rings. The van der Waals surface area contributed by atoms with Crippen molar-refractivity contribution in [2.24, 2.45) is 0 Å². The number of hydrogen-bond acceptors (Lipinski definition) is 3. The molecule has 1 heterocycles. The van der Waals surface area contributed by atoms with E-state index in [0.29, 0.717) is 17.9 Å². The number of nitrogens with zero attached hydrogens (tertiary/aromatic N) is 1. The summed E-state index contributed by atoms with van der Waals surface area (Å²) < 4.78 is 10.6. The molecule has 0 N–H and O–H groups in total. The van der Waals surface area contributed by atoms with Crippen molar-refractivity contribution >= 4 is 0 Å². The molecule has 1 aliphatic heterocycles. The molecule has 1 aromatic rings. The largest absolute Gasteiger partial charge is 0.489 e. The number of rotatable bonds is 4. The van der Waals surface area contributed by atoms with Gasteiger partial charge in [0.05, 0.1) is 12.2 Å². The molecule has 0 aromatic heterocycles. The smallest absolute Gasteiger partial charge is 0.137 e. The maximum Gasteiger partial charge on any atom is 0.137 e. The van der Waals surface area contributed by atoms with Crippen LogP contribution in [0.2, 0.25) is 0 Å². The van der Waals surface area contributed by atoms with Crippen LogP contribution >= 0.6 is 0 Å². The first-order valence-electron chi connectivity index (χ1n) is 5.11. The lowest BCUT2D eigenvalue weighted by atomic mass is 10.1. The lowest BCUT2D eigenvalue weighted by molar-refractivity contribution is 0.262. The van der Waals surface area contributed by atoms with Crippen LogP contribution in [0.5, 0.6) is 5.75 Å². The highest BCUT2D eigenvalue weighted by Crippen LogP contribution is 2.21. The van der Waals surface area contributed by atoms with E-state index in [0.717, 1.165) is 13.0 Å². The Hall–Kier alpha value is -1.53. The summed E-state index contributed by atoms with van der Waals surface area (Å²) in [4.78, 5) is 0. The number of hydrogen-bond donors (Lipinski definition) is 0. The number of benzene rings is 1. The van der Waals surface area contributed by atoms with Crippen LogP contribution in [0.3, 0.4) is 0 Å². The molecule has 0 aliphatic carbocycles. The SMILES string of the molecule is CCc1ccc(C#N)c(OC[C@@H]2CO2)c1. The summed E-state index contributed by atoms with van der Waals surface area (Å²) in [5.74, 6) is 0.673. The van der Waals surface area contributed by atoms with Gasteiger partial charge in [-0.1, -0.05) is 13.0 Å². The predicted molar refractivity (Wildman–Crippen MR) is 55.8 cm³/mol. The number of nitriles is 1. The monoisotopic (exact) mass is 203 g/mol. The van der Waals surface area contributed by atoms with Crippen LogP contribution < -0.4 is 4.74 Å². The van der Waals surface area contributed by atoms with E-state index in [2.05, 4.69) is 13.0 Å². The van der Waals surface area contributed by atoms with Crippen LogP contribution in [-0.2, 0) is 11.2 Å². The van der Waals surface area contributed by atoms with Gasteiger partial charge in [0, 0.05) is 0 Å². The highest BCUT2D eigenvalue weighted by molar-refractivity contribution is 5.45. The standard InChI is InChI=1S/C12H13NO2/c1-2-9-3-4-10(6-13)12(5-9)15-8-11-7-14-11/h3-5,11H,2,7-8H2,1H3/t11-/m0/s1. The van der Waals surface area contributed by atoms with E-state index in [1.165, 1.54) is 5.56 Å². The lowest BCUT2D eigenvalue weighted by Crippen LogP contribution is -2.05. The van der Waals surface area contributed by atoms with Crippen molar-refractivity contribution in [1.29, 1.82) is 5.26 Å². The number of epoxide rings is 1. The van der Waals surface area contributed by atoms with Gasteiger partial charge in [0.25, 0.3) is 0 Å². The molecule has 1 aromatic carbocycles. The zero-order valence-corrected chi connectivity index (χ0v) is 8.69. The van der Waals surface area contributed by atoms with E-state index in [9.17, 15) is 0 Å². The van der Waals surface area contributed by atoms with Gasteiger partial charge in [0.1, 0.15) is 24.5 Å². The van der Waals surface area contributed by atoms with E-state index in [1.54, 1.807) is 0 Å². The molecule has 0 spiro atoms. The van der Waals surface area contributed by atoms with Gasteiger partial charge in [0.15, 0.2) is 0 Å². The van der Waals surface area contributed by atoms with Gasteiger partial charge in [0.2, 0.25) is 0 Å². The van der Waals surface area contributed by atoms with Crippen molar-refractivity contribution in [3.8, 4) is 11.8 Å². The van der Waals surface area contributed by atoms with Crippen molar-refractivity contribution in [2.75, 3.05) is 13.2 Å². The quantitative estimate of drug-likeness (QED) is 0.702. The summed E-state index contributed by atoms with van der Waals surface area (Å²) in [5.41, 5.74) is 1.77. The fourth-order valence-electron chi connectivity index (χ4n) is 1.35.